The van der Waals surface area contributed by atoms with Gasteiger partial charge < -0.3 is 5.11 Å². The molecule has 0 aliphatic rings. The summed E-state index contributed by atoms with van der Waals surface area (Å²) in [6, 6.07) is 7.17. The van der Waals surface area contributed by atoms with Crippen LogP contribution in [-0.2, 0) is 6.54 Å². The van der Waals surface area contributed by atoms with E-state index in [2.05, 4.69) is 18.7 Å². The Balaban J connectivity index is 0.00000225. The summed E-state index contributed by atoms with van der Waals surface area (Å²) in [7, 11) is 0. The standard InChI is InChI=1S/C12H17NO2.ClH/c1-3-13(4-2)9-10-7-5-6-8-11(10)12(14)15;/h5-8H,3-4,9H2,1-2H3,(H,14,15);1H. The van der Waals surface area contributed by atoms with Gasteiger partial charge in [-0.1, -0.05) is 32.0 Å². The van der Waals surface area contributed by atoms with Gasteiger partial charge in [-0.05, 0) is 24.7 Å². The molecule has 90 valence electrons. The average Bonchev–Trinajstić information content (AvgIpc) is 2.26. The summed E-state index contributed by atoms with van der Waals surface area (Å²) >= 11 is 0. The maximum absolute atomic E-state index is 11.0. The van der Waals surface area contributed by atoms with Gasteiger partial charge in [-0.2, -0.15) is 0 Å². The van der Waals surface area contributed by atoms with Crippen molar-refractivity contribution in [2.24, 2.45) is 0 Å². The molecule has 0 saturated heterocycles. The highest BCUT2D eigenvalue weighted by Gasteiger charge is 2.10. The highest BCUT2D eigenvalue weighted by Crippen LogP contribution is 2.11. The van der Waals surface area contributed by atoms with E-state index in [9.17, 15) is 4.79 Å². The van der Waals surface area contributed by atoms with Gasteiger partial charge in [0, 0.05) is 6.54 Å². The average molecular weight is 244 g/mol. The number of halogens is 1. The fourth-order valence-electron chi connectivity index (χ4n) is 1.55. The fraction of sp³-hybridized carbons (Fsp3) is 0.417. The van der Waals surface area contributed by atoms with E-state index in [1.54, 1.807) is 12.1 Å². The van der Waals surface area contributed by atoms with Crippen LogP contribution in [0.25, 0.3) is 0 Å². The Labute approximate surface area is 102 Å². The Morgan fingerprint density at radius 2 is 1.81 bits per heavy atom. The van der Waals surface area contributed by atoms with E-state index in [4.69, 9.17) is 5.11 Å². The van der Waals surface area contributed by atoms with E-state index >= 15 is 0 Å². The molecule has 0 aliphatic heterocycles. The summed E-state index contributed by atoms with van der Waals surface area (Å²) in [5, 5.41) is 9.01. The molecular formula is C12H18ClNO2. The molecule has 0 amide bonds. The number of hydrogen-bond donors (Lipinski definition) is 1. The van der Waals surface area contributed by atoms with Crippen molar-refractivity contribution in [1.82, 2.24) is 4.90 Å². The summed E-state index contributed by atoms with van der Waals surface area (Å²) in [5.74, 6) is -0.849. The zero-order valence-corrected chi connectivity index (χ0v) is 10.5. The number of aromatic carboxylic acids is 1. The van der Waals surface area contributed by atoms with Gasteiger partial charge in [0.15, 0.2) is 0 Å². The topological polar surface area (TPSA) is 40.5 Å². The third-order valence-electron chi connectivity index (χ3n) is 2.54. The zero-order valence-electron chi connectivity index (χ0n) is 9.64. The number of nitrogens with zero attached hydrogens (tertiary/aromatic N) is 1. The molecule has 0 aromatic heterocycles. The monoisotopic (exact) mass is 243 g/mol. The summed E-state index contributed by atoms with van der Waals surface area (Å²) in [4.78, 5) is 13.2. The van der Waals surface area contributed by atoms with Crippen LogP contribution in [0.4, 0.5) is 0 Å². The molecule has 1 rings (SSSR count). The highest BCUT2D eigenvalue weighted by atomic mass is 35.5. The first-order valence-electron chi connectivity index (χ1n) is 5.22. The smallest absolute Gasteiger partial charge is 0.336 e. The largest absolute Gasteiger partial charge is 0.478 e. The van der Waals surface area contributed by atoms with Crippen LogP contribution in [0.5, 0.6) is 0 Å². The zero-order chi connectivity index (χ0) is 11.3. The lowest BCUT2D eigenvalue weighted by Crippen LogP contribution is -2.23. The van der Waals surface area contributed by atoms with Gasteiger partial charge in [0.1, 0.15) is 0 Å². The lowest BCUT2D eigenvalue weighted by Gasteiger charge is -2.18. The molecule has 0 atom stereocenters. The molecule has 4 heteroatoms. The van der Waals surface area contributed by atoms with E-state index in [1.807, 2.05) is 12.1 Å². The maximum Gasteiger partial charge on any atom is 0.336 e. The Kier molecular flexibility index (Phi) is 6.77. The molecule has 0 bridgehead atoms. The van der Waals surface area contributed by atoms with Crippen molar-refractivity contribution in [1.29, 1.82) is 0 Å². The number of carbonyl (C=O) groups is 1. The van der Waals surface area contributed by atoms with Gasteiger partial charge in [-0.3, -0.25) is 4.90 Å². The molecule has 0 radical (unpaired) electrons. The number of hydrogen-bond acceptors (Lipinski definition) is 2. The van der Waals surface area contributed by atoms with Gasteiger partial charge >= 0.3 is 5.97 Å². The van der Waals surface area contributed by atoms with Crippen molar-refractivity contribution >= 4 is 18.4 Å². The molecule has 0 unspecified atom stereocenters. The normalized spacial score (nSPS) is 9.94. The molecule has 0 fully saturated rings. The van der Waals surface area contributed by atoms with Crippen LogP contribution in [0, 0.1) is 0 Å². The maximum atomic E-state index is 11.0. The molecule has 0 heterocycles. The lowest BCUT2D eigenvalue weighted by atomic mass is 10.1. The summed E-state index contributed by atoms with van der Waals surface area (Å²) in [6.07, 6.45) is 0. The lowest BCUT2D eigenvalue weighted by molar-refractivity contribution is 0.0694. The second-order valence-corrected chi connectivity index (χ2v) is 3.42. The van der Waals surface area contributed by atoms with Crippen LogP contribution in [0.1, 0.15) is 29.8 Å². The molecule has 0 spiro atoms. The highest BCUT2D eigenvalue weighted by molar-refractivity contribution is 5.89. The van der Waals surface area contributed by atoms with Gasteiger partial charge in [-0.25, -0.2) is 4.79 Å². The van der Waals surface area contributed by atoms with E-state index in [0.29, 0.717) is 12.1 Å². The predicted octanol–water partition coefficient (Wildman–Crippen LogP) is 2.65. The minimum atomic E-state index is -0.849. The third-order valence-corrected chi connectivity index (χ3v) is 2.54. The molecule has 3 nitrogen and oxygen atoms in total. The molecule has 0 aliphatic carbocycles. The summed E-state index contributed by atoms with van der Waals surface area (Å²) in [6.45, 7) is 6.73. The van der Waals surface area contributed by atoms with Crippen LogP contribution < -0.4 is 0 Å². The second kappa shape index (κ2) is 7.25. The van der Waals surface area contributed by atoms with Gasteiger partial charge in [0.2, 0.25) is 0 Å². The summed E-state index contributed by atoms with van der Waals surface area (Å²) in [5.41, 5.74) is 1.29. The Morgan fingerprint density at radius 3 is 2.31 bits per heavy atom. The van der Waals surface area contributed by atoms with Crippen LogP contribution in [0.2, 0.25) is 0 Å². The predicted molar refractivity (Wildman–Crippen MR) is 67.3 cm³/mol. The van der Waals surface area contributed by atoms with Crippen molar-refractivity contribution in [3.63, 3.8) is 0 Å². The minimum absolute atomic E-state index is 0. The number of carboxylic acid groups (broad SMARTS) is 1. The number of rotatable bonds is 5. The van der Waals surface area contributed by atoms with E-state index < -0.39 is 5.97 Å². The Hall–Kier alpha value is -1.06. The first kappa shape index (κ1) is 14.9. The van der Waals surface area contributed by atoms with Crippen LogP contribution in [-0.4, -0.2) is 29.1 Å². The molecule has 1 N–H and O–H groups in total. The van der Waals surface area contributed by atoms with Crippen LogP contribution in [0.3, 0.4) is 0 Å². The molecule has 0 saturated carbocycles. The van der Waals surface area contributed by atoms with Crippen LogP contribution >= 0.6 is 12.4 Å². The van der Waals surface area contributed by atoms with Gasteiger partial charge in [0.25, 0.3) is 0 Å². The van der Waals surface area contributed by atoms with E-state index in [0.717, 1.165) is 18.7 Å². The van der Waals surface area contributed by atoms with Crippen molar-refractivity contribution in [3.05, 3.63) is 35.4 Å². The first-order chi connectivity index (χ1) is 7.19. The fourth-order valence-corrected chi connectivity index (χ4v) is 1.55. The van der Waals surface area contributed by atoms with Crippen molar-refractivity contribution in [3.8, 4) is 0 Å². The molecule has 16 heavy (non-hydrogen) atoms. The first-order valence-corrected chi connectivity index (χ1v) is 5.22. The van der Waals surface area contributed by atoms with Crippen LogP contribution in [0.15, 0.2) is 24.3 Å². The molecule has 1 aromatic rings. The van der Waals surface area contributed by atoms with Crippen molar-refractivity contribution in [2.75, 3.05) is 13.1 Å². The second-order valence-electron chi connectivity index (χ2n) is 3.42. The van der Waals surface area contributed by atoms with E-state index in [-0.39, 0.29) is 12.4 Å². The number of carboxylic acids is 1. The quantitative estimate of drug-likeness (QED) is 0.864. The molecule has 1 aromatic carbocycles. The van der Waals surface area contributed by atoms with Gasteiger partial charge in [-0.15, -0.1) is 12.4 Å². The van der Waals surface area contributed by atoms with Crippen molar-refractivity contribution < 1.29 is 9.90 Å². The Morgan fingerprint density at radius 1 is 1.25 bits per heavy atom. The van der Waals surface area contributed by atoms with Gasteiger partial charge in [0.05, 0.1) is 5.56 Å². The van der Waals surface area contributed by atoms with Crippen molar-refractivity contribution in [2.45, 2.75) is 20.4 Å². The molecular weight excluding hydrogens is 226 g/mol. The summed E-state index contributed by atoms with van der Waals surface area (Å²) < 4.78 is 0. The SMILES string of the molecule is CCN(CC)Cc1ccccc1C(=O)O.Cl. The third kappa shape index (κ3) is 3.83. The number of benzene rings is 1. The Bertz CT molecular complexity index is 338. The van der Waals surface area contributed by atoms with E-state index in [1.165, 1.54) is 0 Å². The minimum Gasteiger partial charge on any atom is -0.478 e.